The average molecular weight is 405 g/mol. The van der Waals surface area contributed by atoms with Gasteiger partial charge in [-0.1, -0.05) is 42.5 Å². The SMILES string of the molecule is COc1ccccc1C(=O)NC(CCO)C1(c2ccccc2)CCc2[nH]ncc2C1. The van der Waals surface area contributed by atoms with E-state index < -0.39 is 0 Å². The van der Waals surface area contributed by atoms with E-state index in [1.165, 1.54) is 5.56 Å². The van der Waals surface area contributed by atoms with Crippen molar-refractivity contribution in [1.29, 1.82) is 0 Å². The second-order valence-electron chi connectivity index (χ2n) is 7.81. The fourth-order valence-electron chi connectivity index (χ4n) is 4.68. The van der Waals surface area contributed by atoms with E-state index in [2.05, 4.69) is 27.6 Å². The van der Waals surface area contributed by atoms with E-state index in [9.17, 15) is 9.90 Å². The highest BCUT2D eigenvalue weighted by atomic mass is 16.5. The molecule has 2 unspecified atom stereocenters. The van der Waals surface area contributed by atoms with Crippen molar-refractivity contribution in [1.82, 2.24) is 15.5 Å². The highest BCUT2D eigenvalue weighted by Gasteiger charge is 2.44. The summed E-state index contributed by atoms with van der Waals surface area (Å²) < 4.78 is 5.38. The normalized spacial score (nSPS) is 19.0. The molecular formula is C24H27N3O3. The summed E-state index contributed by atoms with van der Waals surface area (Å²) in [7, 11) is 1.56. The molecule has 0 saturated heterocycles. The number of methoxy groups -OCH3 is 1. The number of hydrogen-bond acceptors (Lipinski definition) is 4. The van der Waals surface area contributed by atoms with Crippen molar-refractivity contribution in [3.63, 3.8) is 0 Å². The zero-order chi connectivity index (χ0) is 21.0. The van der Waals surface area contributed by atoms with Crippen LogP contribution >= 0.6 is 0 Å². The highest BCUT2D eigenvalue weighted by Crippen LogP contribution is 2.42. The van der Waals surface area contributed by atoms with E-state index in [1.54, 1.807) is 19.2 Å². The molecule has 30 heavy (non-hydrogen) atoms. The number of aryl methyl sites for hydroxylation is 1. The van der Waals surface area contributed by atoms with Gasteiger partial charge in [0.05, 0.1) is 18.9 Å². The van der Waals surface area contributed by atoms with Gasteiger partial charge in [0.1, 0.15) is 5.75 Å². The van der Waals surface area contributed by atoms with E-state index in [0.717, 1.165) is 30.5 Å². The van der Waals surface area contributed by atoms with Crippen molar-refractivity contribution in [3.05, 3.63) is 83.2 Å². The summed E-state index contributed by atoms with van der Waals surface area (Å²) in [6, 6.07) is 17.2. The van der Waals surface area contributed by atoms with Gasteiger partial charge < -0.3 is 15.2 Å². The Hall–Kier alpha value is -3.12. The second-order valence-corrected chi connectivity index (χ2v) is 7.81. The molecule has 2 aromatic carbocycles. The Morgan fingerprint density at radius 1 is 1.23 bits per heavy atom. The van der Waals surface area contributed by atoms with Crippen LogP contribution in [0.5, 0.6) is 5.75 Å². The summed E-state index contributed by atoms with van der Waals surface area (Å²) in [5.74, 6) is 0.339. The fraction of sp³-hybridized carbons (Fsp3) is 0.333. The molecule has 0 aliphatic heterocycles. The molecule has 4 rings (SSSR count). The first-order valence-electron chi connectivity index (χ1n) is 10.3. The van der Waals surface area contributed by atoms with E-state index in [4.69, 9.17) is 4.74 Å². The first-order valence-corrected chi connectivity index (χ1v) is 10.3. The number of amides is 1. The zero-order valence-corrected chi connectivity index (χ0v) is 17.1. The molecule has 6 nitrogen and oxygen atoms in total. The monoisotopic (exact) mass is 405 g/mol. The highest BCUT2D eigenvalue weighted by molar-refractivity contribution is 5.97. The minimum absolute atomic E-state index is 0.0102. The Labute approximate surface area is 176 Å². The number of nitrogens with zero attached hydrogens (tertiary/aromatic N) is 1. The quantitative estimate of drug-likeness (QED) is 0.564. The molecule has 1 aliphatic carbocycles. The van der Waals surface area contributed by atoms with Gasteiger partial charge in [-0.05, 0) is 48.9 Å². The molecule has 1 amide bonds. The zero-order valence-electron chi connectivity index (χ0n) is 17.1. The number of aromatic amines is 1. The largest absolute Gasteiger partial charge is 0.496 e. The number of benzene rings is 2. The van der Waals surface area contributed by atoms with E-state index in [0.29, 0.717) is 17.7 Å². The predicted octanol–water partition coefficient (Wildman–Crippen LogP) is 3.03. The number of nitrogens with one attached hydrogen (secondary N) is 2. The number of para-hydroxylation sites is 1. The molecule has 0 spiro atoms. The van der Waals surface area contributed by atoms with Crippen LogP contribution in [0, 0.1) is 0 Å². The number of H-pyrrole nitrogens is 1. The molecule has 2 atom stereocenters. The smallest absolute Gasteiger partial charge is 0.255 e. The fourth-order valence-corrected chi connectivity index (χ4v) is 4.68. The van der Waals surface area contributed by atoms with Crippen LogP contribution in [0.4, 0.5) is 0 Å². The van der Waals surface area contributed by atoms with Gasteiger partial charge in [-0.15, -0.1) is 0 Å². The Morgan fingerprint density at radius 2 is 2.00 bits per heavy atom. The number of carbonyl (C=O) groups excluding carboxylic acids is 1. The van der Waals surface area contributed by atoms with Crippen LogP contribution in [-0.4, -0.2) is 41.0 Å². The van der Waals surface area contributed by atoms with Crippen LogP contribution in [0.15, 0.2) is 60.8 Å². The Bertz CT molecular complexity index is 1000. The minimum Gasteiger partial charge on any atom is -0.496 e. The number of rotatable bonds is 7. The Balaban J connectivity index is 1.73. The van der Waals surface area contributed by atoms with Gasteiger partial charge in [-0.2, -0.15) is 5.10 Å². The lowest BCUT2D eigenvalue weighted by molar-refractivity contribution is 0.0886. The molecule has 1 heterocycles. The van der Waals surface area contributed by atoms with E-state index in [-0.39, 0.29) is 24.0 Å². The number of fused-ring (bicyclic) bond motifs is 1. The summed E-state index contributed by atoms with van der Waals surface area (Å²) in [6.07, 6.45) is 4.78. The van der Waals surface area contributed by atoms with Crippen LogP contribution in [0.1, 0.15) is 40.0 Å². The Kier molecular flexibility index (Phi) is 5.86. The maximum absolute atomic E-state index is 13.2. The van der Waals surface area contributed by atoms with Crippen molar-refractivity contribution in [3.8, 4) is 5.75 Å². The maximum Gasteiger partial charge on any atom is 0.255 e. The standard InChI is InChI=1S/C24H27N3O3/c1-30-21-10-6-5-9-19(21)23(29)26-22(12-14-28)24(18-7-3-2-4-8-18)13-11-20-17(15-24)16-25-27-20/h2-10,16,22,28H,11-15H2,1H3,(H,25,27)(H,26,29). The molecule has 0 saturated carbocycles. The van der Waals surface area contributed by atoms with Crippen LogP contribution in [0.2, 0.25) is 0 Å². The molecule has 156 valence electrons. The summed E-state index contributed by atoms with van der Waals surface area (Å²) in [6.45, 7) is -0.0102. The second kappa shape index (κ2) is 8.71. The van der Waals surface area contributed by atoms with Crippen molar-refractivity contribution in [2.24, 2.45) is 0 Å². The van der Waals surface area contributed by atoms with E-state index in [1.807, 2.05) is 36.5 Å². The van der Waals surface area contributed by atoms with Crippen molar-refractivity contribution in [2.45, 2.75) is 37.1 Å². The van der Waals surface area contributed by atoms with Crippen molar-refractivity contribution >= 4 is 5.91 Å². The molecule has 3 aromatic rings. The third-order valence-corrected chi connectivity index (χ3v) is 6.22. The molecule has 1 aliphatic rings. The van der Waals surface area contributed by atoms with Crippen molar-refractivity contribution < 1.29 is 14.6 Å². The van der Waals surface area contributed by atoms with Gasteiger partial charge in [-0.25, -0.2) is 0 Å². The molecule has 0 bridgehead atoms. The maximum atomic E-state index is 13.2. The van der Waals surface area contributed by atoms with Crippen molar-refractivity contribution in [2.75, 3.05) is 13.7 Å². The first kappa shape index (κ1) is 20.2. The predicted molar refractivity (Wildman–Crippen MR) is 115 cm³/mol. The van der Waals surface area contributed by atoms with Crippen LogP contribution in [0.25, 0.3) is 0 Å². The lowest BCUT2D eigenvalue weighted by Crippen LogP contribution is -2.53. The summed E-state index contributed by atoms with van der Waals surface area (Å²) in [5, 5.41) is 20.4. The molecule has 0 fully saturated rings. The molecule has 1 aromatic heterocycles. The van der Waals surface area contributed by atoms with Crippen LogP contribution < -0.4 is 10.1 Å². The topological polar surface area (TPSA) is 87.2 Å². The number of carbonyl (C=O) groups is 1. The molecular weight excluding hydrogens is 378 g/mol. The number of hydrogen-bond donors (Lipinski definition) is 3. The number of aromatic nitrogens is 2. The van der Waals surface area contributed by atoms with Gasteiger partial charge in [-0.3, -0.25) is 9.89 Å². The molecule has 0 radical (unpaired) electrons. The number of aliphatic hydroxyl groups excluding tert-OH is 1. The van der Waals surface area contributed by atoms with Gasteiger partial charge in [0.2, 0.25) is 0 Å². The van der Waals surface area contributed by atoms with Crippen LogP contribution in [0.3, 0.4) is 0 Å². The number of ether oxygens (including phenoxy) is 1. The van der Waals surface area contributed by atoms with Crippen LogP contribution in [-0.2, 0) is 18.3 Å². The summed E-state index contributed by atoms with van der Waals surface area (Å²) in [4.78, 5) is 13.2. The lowest BCUT2D eigenvalue weighted by Gasteiger charge is -2.44. The van der Waals surface area contributed by atoms with Gasteiger partial charge in [0.25, 0.3) is 5.91 Å². The van der Waals surface area contributed by atoms with Gasteiger partial charge in [0, 0.05) is 23.8 Å². The third kappa shape index (κ3) is 3.71. The Morgan fingerprint density at radius 3 is 2.77 bits per heavy atom. The van der Waals surface area contributed by atoms with E-state index >= 15 is 0 Å². The van der Waals surface area contributed by atoms with Gasteiger partial charge >= 0.3 is 0 Å². The summed E-state index contributed by atoms with van der Waals surface area (Å²) >= 11 is 0. The number of aliphatic hydroxyl groups is 1. The molecule has 6 heteroatoms. The minimum atomic E-state index is -0.335. The first-order chi connectivity index (χ1) is 14.7. The lowest BCUT2D eigenvalue weighted by atomic mass is 9.63. The summed E-state index contributed by atoms with van der Waals surface area (Å²) in [5.41, 5.74) is 3.64. The van der Waals surface area contributed by atoms with Gasteiger partial charge in [0.15, 0.2) is 0 Å². The average Bonchev–Trinajstić information content (AvgIpc) is 3.26. The molecule has 3 N–H and O–H groups in total. The third-order valence-electron chi connectivity index (χ3n) is 6.22.